The lowest BCUT2D eigenvalue weighted by molar-refractivity contribution is 0.545. The zero-order chi connectivity index (χ0) is 18.5. The molecule has 0 atom stereocenters. The number of benzene rings is 2. The molecule has 1 aromatic heterocycles. The molecule has 0 saturated carbocycles. The Morgan fingerprint density at radius 3 is 1.85 bits per heavy atom. The lowest BCUT2D eigenvalue weighted by atomic mass is 10.2. The Balaban J connectivity index is 1.69. The van der Waals surface area contributed by atoms with Gasteiger partial charge >= 0.3 is 6.01 Å². The fourth-order valence-electron chi connectivity index (χ4n) is 1.88. The monoisotopic (exact) mass is 449 g/mol. The highest BCUT2D eigenvalue weighted by Crippen LogP contribution is 2.34. The van der Waals surface area contributed by atoms with Crippen LogP contribution >= 0.6 is 40.0 Å². The van der Waals surface area contributed by atoms with E-state index in [1.165, 1.54) is 23.2 Å². The minimum Gasteiger partial charge on any atom is -0.399 e. The van der Waals surface area contributed by atoms with Crippen molar-refractivity contribution in [2.24, 2.45) is 0 Å². The molecule has 0 aliphatic rings. The second-order valence-corrected chi connectivity index (χ2v) is 7.87. The molecular formula is C18H16BrN3O2S2. The molecule has 2 aromatic carbocycles. The Bertz CT molecular complexity index is 890. The van der Waals surface area contributed by atoms with Gasteiger partial charge in [-0.3, -0.25) is 0 Å². The van der Waals surface area contributed by atoms with Gasteiger partial charge in [-0.2, -0.15) is 9.97 Å². The third-order valence-electron chi connectivity index (χ3n) is 3.30. The van der Waals surface area contributed by atoms with E-state index in [-0.39, 0.29) is 11.8 Å². The van der Waals surface area contributed by atoms with Crippen molar-refractivity contribution in [1.29, 1.82) is 0 Å². The first-order chi connectivity index (χ1) is 12.5. The SMILES string of the molecule is Cc1ccc(SOc2nc(N)c(Br)c(OSc3ccc(C)cc3)n2)cc1. The van der Waals surface area contributed by atoms with Crippen LogP contribution in [0.5, 0.6) is 11.9 Å². The number of aryl methyl sites for hydroxylation is 2. The van der Waals surface area contributed by atoms with E-state index in [2.05, 4.69) is 25.9 Å². The summed E-state index contributed by atoms with van der Waals surface area (Å²) in [6.07, 6.45) is 0. The van der Waals surface area contributed by atoms with Crippen LogP contribution < -0.4 is 14.1 Å². The minimum atomic E-state index is 0.135. The predicted molar refractivity (Wildman–Crippen MR) is 109 cm³/mol. The molecule has 26 heavy (non-hydrogen) atoms. The average Bonchev–Trinajstić information content (AvgIpc) is 2.64. The molecule has 3 rings (SSSR count). The molecule has 0 amide bonds. The number of halogens is 1. The summed E-state index contributed by atoms with van der Waals surface area (Å²) in [6.45, 7) is 4.06. The van der Waals surface area contributed by atoms with Crippen molar-refractivity contribution in [3.63, 3.8) is 0 Å². The fourth-order valence-corrected chi connectivity index (χ4v) is 3.28. The van der Waals surface area contributed by atoms with Crippen molar-refractivity contribution in [2.45, 2.75) is 23.6 Å². The Labute approximate surface area is 169 Å². The number of nitrogens with zero attached hydrogens (tertiary/aromatic N) is 2. The van der Waals surface area contributed by atoms with Gasteiger partial charge in [-0.05, 0) is 54.0 Å². The number of nitrogens with two attached hydrogens (primary N) is 1. The van der Waals surface area contributed by atoms with Crippen LogP contribution in [0.25, 0.3) is 0 Å². The largest absolute Gasteiger partial charge is 0.399 e. The van der Waals surface area contributed by atoms with Gasteiger partial charge in [0.2, 0.25) is 0 Å². The van der Waals surface area contributed by atoms with Crippen LogP contribution in [0.2, 0.25) is 0 Å². The second kappa shape index (κ2) is 8.66. The number of aromatic nitrogens is 2. The summed E-state index contributed by atoms with van der Waals surface area (Å²) < 4.78 is 11.8. The maximum atomic E-state index is 5.92. The van der Waals surface area contributed by atoms with E-state index in [1.807, 2.05) is 62.4 Å². The normalized spacial score (nSPS) is 10.6. The first kappa shape index (κ1) is 18.9. The van der Waals surface area contributed by atoms with Crippen LogP contribution in [0, 0.1) is 13.8 Å². The Kier molecular flexibility index (Phi) is 6.29. The molecule has 3 aromatic rings. The highest BCUT2D eigenvalue weighted by molar-refractivity contribution is 9.10. The van der Waals surface area contributed by atoms with Crippen molar-refractivity contribution >= 4 is 45.8 Å². The third kappa shape index (κ3) is 5.06. The molecule has 0 bridgehead atoms. The highest BCUT2D eigenvalue weighted by Gasteiger charge is 2.14. The fraction of sp³-hybridized carbons (Fsp3) is 0.111. The van der Waals surface area contributed by atoms with Crippen LogP contribution in [-0.4, -0.2) is 9.97 Å². The maximum absolute atomic E-state index is 5.92. The van der Waals surface area contributed by atoms with Gasteiger partial charge in [0, 0.05) is 9.79 Å². The molecule has 0 spiro atoms. The van der Waals surface area contributed by atoms with Gasteiger partial charge in [0.1, 0.15) is 10.3 Å². The van der Waals surface area contributed by atoms with Gasteiger partial charge in [0.25, 0.3) is 5.88 Å². The van der Waals surface area contributed by atoms with Gasteiger partial charge in [-0.25, -0.2) is 0 Å². The summed E-state index contributed by atoms with van der Waals surface area (Å²) >= 11 is 5.71. The molecule has 0 aliphatic heterocycles. The summed E-state index contributed by atoms with van der Waals surface area (Å²) in [5, 5.41) is 0. The zero-order valence-corrected chi connectivity index (χ0v) is 17.3. The van der Waals surface area contributed by atoms with Crippen LogP contribution in [0.1, 0.15) is 11.1 Å². The van der Waals surface area contributed by atoms with Crippen LogP contribution in [-0.2, 0) is 0 Å². The van der Waals surface area contributed by atoms with E-state index >= 15 is 0 Å². The first-order valence-corrected chi connectivity index (χ1v) is 9.94. The maximum Gasteiger partial charge on any atom is 0.334 e. The average molecular weight is 450 g/mol. The number of hydrogen-bond donors (Lipinski definition) is 1. The van der Waals surface area contributed by atoms with E-state index in [0.717, 1.165) is 21.8 Å². The first-order valence-electron chi connectivity index (χ1n) is 7.66. The summed E-state index contributed by atoms with van der Waals surface area (Å²) in [4.78, 5) is 10.3. The topological polar surface area (TPSA) is 70.3 Å². The zero-order valence-electron chi connectivity index (χ0n) is 14.1. The second-order valence-electron chi connectivity index (χ2n) is 5.47. The van der Waals surface area contributed by atoms with E-state index in [4.69, 9.17) is 14.1 Å². The third-order valence-corrected chi connectivity index (χ3v) is 5.45. The molecule has 5 nitrogen and oxygen atoms in total. The minimum absolute atomic E-state index is 0.135. The Hall–Kier alpha value is -1.90. The van der Waals surface area contributed by atoms with Crippen molar-refractivity contribution in [1.82, 2.24) is 9.97 Å². The Morgan fingerprint density at radius 1 is 0.808 bits per heavy atom. The van der Waals surface area contributed by atoms with Crippen molar-refractivity contribution in [3.05, 3.63) is 64.1 Å². The molecule has 0 radical (unpaired) electrons. The molecular weight excluding hydrogens is 434 g/mol. The molecule has 0 aliphatic carbocycles. The van der Waals surface area contributed by atoms with E-state index in [9.17, 15) is 0 Å². The summed E-state index contributed by atoms with van der Waals surface area (Å²) in [6, 6.07) is 16.1. The lowest BCUT2D eigenvalue weighted by Crippen LogP contribution is -2.00. The molecule has 134 valence electrons. The van der Waals surface area contributed by atoms with E-state index in [1.54, 1.807) is 0 Å². The number of anilines is 1. The van der Waals surface area contributed by atoms with Gasteiger partial charge in [-0.1, -0.05) is 35.4 Å². The predicted octanol–water partition coefficient (Wildman–Crippen LogP) is 5.61. The summed E-state index contributed by atoms with van der Waals surface area (Å²) in [5.74, 6) is 0.557. The van der Waals surface area contributed by atoms with Crippen LogP contribution in [0.4, 0.5) is 5.82 Å². The molecule has 8 heteroatoms. The van der Waals surface area contributed by atoms with Gasteiger partial charge < -0.3 is 14.1 Å². The quantitative estimate of drug-likeness (QED) is 0.490. The van der Waals surface area contributed by atoms with E-state index in [0.29, 0.717) is 10.4 Å². The van der Waals surface area contributed by atoms with Crippen LogP contribution in [0.15, 0.2) is 62.8 Å². The van der Waals surface area contributed by atoms with Crippen molar-refractivity contribution in [3.8, 4) is 11.9 Å². The van der Waals surface area contributed by atoms with E-state index < -0.39 is 0 Å². The van der Waals surface area contributed by atoms with Gasteiger partial charge in [0.05, 0.1) is 24.1 Å². The van der Waals surface area contributed by atoms with Crippen molar-refractivity contribution < 1.29 is 8.37 Å². The summed E-state index contributed by atoms with van der Waals surface area (Å²) in [5.41, 5.74) is 8.29. The smallest absolute Gasteiger partial charge is 0.334 e. The molecule has 0 fully saturated rings. The standard InChI is InChI=1S/C18H16BrN3O2S2/c1-11-3-7-13(8-4-11)25-23-17-15(19)16(20)21-18(22-17)24-26-14-9-5-12(2)6-10-14/h3-10H,1-2H3,(H2,20,21,22). The van der Waals surface area contributed by atoms with Gasteiger partial charge in [-0.15, -0.1) is 0 Å². The van der Waals surface area contributed by atoms with Gasteiger partial charge in [0.15, 0.2) is 0 Å². The number of hydrogen-bond acceptors (Lipinski definition) is 7. The molecule has 1 heterocycles. The molecule has 0 saturated heterocycles. The van der Waals surface area contributed by atoms with Crippen molar-refractivity contribution in [2.75, 3.05) is 5.73 Å². The summed E-state index contributed by atoms with van der Waals surface area (Å²) in [7, 11) is 0. The number of rotatable bonds is 6. The number of nitrogen functional groups attached to an aromatic ring is 1. The van der Waals surface area contributed by atoms with Crippen LogP contribution in [0.3, 0.4) is 0 Å². The highest BCUT2D eigenvalue weighted by atomic mass is 79.9. The lowest BCUT2D eigenvalue weighted by Gasteiger charge is -2.09. The Morgan fingerprint density at radius 2 is 1.31 bits per heavy atom. The molecule has 0 unspecified atom stereocenters. The molecule has 2 N–H and O–H groups in total.